The second-order valence-electron chi connectivity index (χ2n) is 4.88. The molecule has 112 valence electrons. The summed E-state index contributed by atoms with van der Waals surface area (Å²) in [5, 5.41) is 6.69. The molecule has 1 amide bonds. The van der Waals surface area contributed by atoms with Crippen LogP contribution in [-0.4, -0.2) is 35.3 Å². The highest BCUT2D eigenvalue weighted by Gasteiger charge is 2.21. The van der Waals surface area contributed by atoms with Crippen LogP contribution < -0.4 is 5.32 Å². The van der Waals surface area contributed by atoms with Crippen molar-refractivity contribution in [1.29, 1.82) is 0 Å². The van der Waals surface area contributed by atoms with Crippen molar-refractivity contribution in [2.24, 2.45) is 0 Å². The van der Waals surface area contributed by atoms with E-state index in [-0.39, 0.29) is 12.0 Å². The lowest BCUT2D eigenvalue weighted by Gasteiger charge is -2.08. The van der Waals surface area contributed by atoms with Gasteiger partial charge in [0.05, 0.1) is 18.4 Å². The first-order valence-electron chi connectivity index (χ1n) is 6.86. The molecule has 0 saturated carbocycles. The van der Waals surface area contributed by atoms with Gasteiger partial charge in [-0.1, -0.05) is 5.16 Å². The summed E-state index contributed by atoms with van der Waals surface area (Å²) >= 11 is 0. The third-order valence-corrected chi connectivity index (χ3v) is 2.87. The maximum absolute atomic E-state index is 12.3. The lowest BCUT2D eigenvalue weighted by Crippen LogP contribution is -2.28. The Hall–Kier alpha value is -2.21. The number of nitrogens with one attached hydrogen (secondary N) is 1. The summed E-state index contributed by atoms with van der Waals surface area (Å²) in [7, 11) is 0. The minimum absolute atomic E-state index is 0.145. The number of aryl methyl sites for hydroxylation is 1. The summed E-state index contributed by atoms with van der Waals surface area (Å²) in [4.78, 5) is 16.2. The fraction of sp³-hybridized carbons (Fsp3) is 0.400. The number of hydrogen-bond donors (Lipinski definition) is 1. The molecule has 2 heterocycles. The topological polar surface area (TPSA) is 77.2 Å². The third kappa shape index (κ3) is 3.88. The molecule has 0 fully saturated rings. The van der Waals surface area contributed by atoms with Crippen LogP contribution in [0.25, 0.3) is 11.3 Å². The van der Waals surface area contributed by atoms with E-state index in [4.69, 9.17) is 9.26 Å². The molecular weight excluding hydrogens is 270 g/mol. The number of hydrogen-bond acceptors (Lipinski definition) is 5. The number of aromatic nitrogens is 2. The first kappa shape index (κ1) is 15.2. The van der Waals surface area contributed by atoms with E-state index in [0.717, 1.165) is 5.56 Å². The van der Waals surface area contributed by atoms with Crippen LogP contribution in [0, 0.1) is 6.92 Å². The van der Waals surface area contributed by atoms with Crippen molar-refractivity contribution < 1.29 is 14.1 Å². The van der Waals surface area contributed by atoms with Crippen LogP contribution in [0.15, 0.2) is 29.0 Å². The normalized spacial score (nSPS) is 10.9. The van der Waals surface area contributed by atoms with Gasteiger partial charge in [-0.05, 0) is 32.9 Å². The van der Waals surface area contributed by atoms with E-state index in [0.29, 0.717) is 30.2 Å². The molecule has 0 aliphatic heterocycles. The number of nitrogens with zero attached hydrogens (tertiary/aromatic N) is 2. The van der Waals surface area contributed by atoms with Crippen LogP contribution in [0.1, 0.15) is 29.9 Å². The number of pyridine rings is 1. The van der Waals surface area contributed by atoms with E-state index in [1.165, 1.54) is 0 Å². The van der Waals surface area contributed by atoms with Crippen LogP contribution in [-0.2, 0) is 4.74 Å². The molecule has 2 aromatic heterocycles. The van der Waals surface area contributed by atoms with Crippen molar-refractivity contribution in [2.45, 2.75) is 26.9 Å². The average Bonchev–Trinajstić information content (AvgIpc) is 2.86. The van der Waals surface area contributed by atoms with Gasteiger partial charge in [0.15, 0.2) is 5.76 Å². The quantitative estimate of drug-likeness (QED) is 0.825. The molecule has 0 atom stereocenters. The molecule has 2 aromatic rings. The molecule has 0 aromatic carbocycles. The standard InChI is InChI=1S/C15H19N3O3/c1-10(2)20-9-8-17-15(19)13-11(3)18-21-14(13)12-4-6-16-7-5-12/h4-7,10H,8-9H2,1-3H3,(H,17,19). The zero-order valence-electron chi connectivity index (χ0n) is 12.4. The number of carbonyl (C=O) groups excluding carboxylic acids is 1. The van der Waals surface area contributed by atoms with E-state index < -0.39 is 0 Å². The molecule has 0 saturated heterocycles. The molecule has 0 unspecified atom stereocenters. The van der Waals surface area contributed by atoms with Crippen molar-refractivity contribution in [1.82, 2.24) is 15.5 Å². The van der Waals surface area contributed by atoms with Crippen LogP contribution in [0.4, 0.5) is 0 Å². The van der Waals surface area contributed by atoms with Crippen LogP contribution in [0.5, 0.6) is 0 Å². The van der Waals surface area contributed by atoms with E-state index >= 15 is 0 Å². The molecule has 2 rings (SSSR count). The summed E-state index contributed by atoms with van der Waals surface area (Å²) in [6, 6.07) is 3.55. The minimum Gasteiger partial charge on any atom is -0.377 e. The largest absolute Gasteiger partial charge is 0.377 e. The Kier molecular flexibility index (Phi) is 5.05. The second-order valence-corrected chi connectivity index (χ2v) is 4.88. The van der Waals surface area contributed by atoms with Gasteiger partial charge in [-0.3, -0.25) is 9.78 Å². The molecule has 0 aliphatic rings. The van der Waals surface area contributed by atoms with E-state index in [1.807, 2.05) is 13.8 Å². The summed E-state index contributed by atoms with van der Waals surface area (Å²) in [6.45, 7) is 6.56. The Bertz CT molecular complexity index is 593. The zero-order chi connectivity index (χ0) is 15.2. The molecule has 6 nitrogen and oxygen atoms in total. The summed E-state index contributed by atoms with van der Waals surface area (Å²) in [5.74, 6) is 0.241. The molecule has 21 heavy (non-hydrogen) atoms. The Morgan fingerprint density at radius 2 is 2.10 bits per heavy atom. The van der Waals surface area contributed by atoms with Gasteiger partial charge in [-0.15, -0.1) is 0 Å². The van der Waals surface area contributed by atoms with Crippen molar-refractivity contribution in [3.8, 4) is 11.3 Å². The zero-order valence-corrected chi connectivity index (χ0v) is 12.4. The van der Waals surface area contributed by atoms with Gasteiger partial charge in [0.2, 0.25) is 0 Å². The summed E-state index contributed by atoms with van der Waals surface area (Å²) in [5.41, 5.74) is 1.78. The van der Waals surface area contributed by atoms with Crippen molar-refractivity contribution in [3.05, 3.63) is 35.8 Å². The highest BCUT2D eigenvalue weighted by atomic mass is 16.5. The number of carbonyl (C=O) groups is 1. The average molecular weight is 289 g/mol. The van der Waals surface area contributed by atoms with Crippen molar-refractivity contribution >= 4 is 5.91 Å². The van der Waals surface area contributed by atoms with Crippen LogP contribution in [0.3, 0.4) is 0 Å². The minimum atomic E-state index is -0.215. The number of ether oxygens (including phenoxy) is 1. The van der Waals surface area contributed by atoms with Crippen molar-refractivity contribution in [3.63, 3.8) is 0 Å². The molecule has 1 N–H and O–H groups in total. The van der Waals surface area contributed by atoms with Gasteiger partial charge < -0.3 is 14.6 Å². The van der Waals surface area contributed by atoms with Crippen LogP contribution >= 0.6 is 0 Å². The first-order valence-corrected chi connectivity index (χ1v) is 6.86. The van der Waals surface area contributed by atoms with Gasteiger partial charge in [0.25, 0.3) is 5.91 Å². The summed E-state index contributed by atoms with van der Waals surface area (Å²) in [6.07, 6.45) is 3.43. The third-order valence-electron chi connectivity index (χ3n) is 2.87. The Labute approximate surface area is 123 Å². The SMILES string of the molecule is Cc1noc(-c2ccncc2)c1C(=O)NCCOC(C)C. The monoisotopic (exact) mass is 289 g/mol. The smallest absolute Gasteiger partial charge is 0.257 e. The first-order chi connectivity index (χ1) is 10.1. The van der Waals surface area contributed by atoms with Crippen LogP contribution in [0.2, 0.25) is 0 Å². The predicted molar refractivity (Wildman–Crippen MR) is 77.9 cm³/mol. The maximum atomic E-state index is 12.3. The van der Waals surface area contributed by atoms with Gasteiger partial charge in [-0.25, -0.2) is 0 Å². The number of rotatable bonds is 6. The Morgan fingerprint density at radius 1 is 1.38 bits per heavy atom. The highest BCUT2D eigenvalue weighted by molar-refractivity contribution is 6.00. The Balaban J connectivity index is 2.09. The molecule has 0 aliphatic carbocycles. The fourth-order valence-corrected chi connectivity index (χ4v) is 1.89. The van der Waals surface area contributed by atoms with E-state index in [2.05, 4.69) is 15.5 Å². The molecule has 6 heteroatoms. The van der Waals surface area contributed by atoms with Gasteiger partial charge in [0.1, 0.15) is 5.56 Å². The number of amides is 1. The lowest BCUT2D eigenvalue weighted by molar-refractivity contribution is 0.0746. The van der Waals surface area contributed by atoms with Gasteiger partial charge >= 0.3 is 0 Å². The molecule has 0 radical (unpaired) electrons. The lowest BCUT2D eigenvalue weighted by atomic mass is 10.1. The van der Waals surface area contributed by atoms with E-state index in [1.54, 1.807) is 31.5 Å². The fourth-order valence-electron chi connectivity index (χ4n) is 1.89. The summed E-state index contributed by atoms with van der Waals surface area (Å²) < 4.78 is 10.7. The predicted octanol–water partition coefficient (Wildman–Crippen LogP) is 2.20. The molecule has 0 spiro atoms. The molecule has 0 bridgehead atoms. The Morgan fingerprint density at radius 3 is 2.76 bits per heavy atom. The van der Waals surface area contributed by atoms with Crippen molar-refractivity contribution in [2.75, 3.05) is 13.2 Å². The van der Waals surface area contributed by atoms with E-state index in [9.17, 15) is 4.79 Å². The van der Waals surface area contributed by atoms with Gasteiger partial charge in [-0.2, -0.15) is 0 Å². The van der Waals surface area contributed by atoms with Gasteiger partial charge in [0, 0.05) is 24.5 Å². The highest BCUT2D eigenvalue weighted by Crippen LogP contribution is 2.25. The molecular formula is C15H19N3O3. The maximum Gasteiger partial charge on any atom is 0.257 e. The second kappa shape index (κ2) is 6.99.